The summed E-state index contributed by atoms with van der Waals surface area (Å²) < 4.78 is 0. The van der Waals surface area contributed by atoms with Crippen molar-refractivity contribution in [3.8, 4) is 0 Å². The number of anilines is 1. The predicted octanol–water partition coefficient (Wildman–Crippen LogP) is 2.88. The molecule has 2 atom stereocenters. The van der Waals surface area contributed by atoms with Crippen molar-refractivity contribution in [2.45, 2.75) is 25.7 Å². The number of hydrogen-bond acceptors (Lipinski definition) is 3. The first-order chi connectivity index (χ1) is 11.6. The van der Waals surface area contributed by atoms with E-state index >= 15 is 0 Å². The number of benzene rings is 1. The summed E-state index contributed by atoms with van der Waals surface area (Å²) in [4.78, 5) is 28.2. The van der Waals surface area contributed by atoms with Crippen molar-refractivity contribution < 1.29 is 14.7 Å². The normalized spacial score (nSPS) is 24.7. The molecule has 2 aliphatic rings. The van der Waals surface area contributed by atoms with Gasteiger partial charge in [-0.2, -0.15) is 0 Å². The van der Waals surface area contributed by atoms with Crippen LogP contribution in [0.2, 0.25) is 5.02 Å². The number of aliphatic carboxylic acids is 1. The summed E-state index contributed by atoms with van der Waals surface area (Å²) >= 11 is 6.24. The number of piperazine rings is 1. The second-order valence-electron chi connectivity index (χ2n) is 6.60. The fourth-order valence-corrected chi connectivity index (χ4v) is 4.09. The molecule has 0 radical (unpaired) electrons. The number of nitrogens with zero attached hydrogens (tertiary/aromatic N) is 2. The van der Waals surface area contributed by atoms with Crippen LogP contribution in [0.4, 0.5) is 5.69 Å². The van der Waals surface area contributed by atoms with Gasteiger partial charge in [-0.25, -0.2) is 0 Å². The zero-order chi connectivity index (χ0) is 17.1. The summed E-state index contributed by atoms with van der Waals surface area (Å²) in [7, 11) is 0. The summed E-state index contributed by atoms with van der Waals surface area (Å²) in [6, 6.07) is 7.72. The lowest BCUT2D eigenvalue weighted by atomic mass is 9.78. The van der Waals surface area contributed by atoms with Gasteiger partial charge in [-0.05, 0) is 25.0 Å². The Morgan fingerprint density at radius 3 is 2.25 bits per heavy atom. The van der Waals surface area contributed by atoms with Crippen LogP contribution in [0, 0.1) is 11.8 Å². The molecular formula is C18H23ClN2O3. The van der Waals surface area contributed by atoms with Gasteiger partial charge in [0.25, 0.3) is 0 Å². The molecule has 1 amide bonds. The van der Waals surface area contributed by atoms with E-state index in [0.29, 0.717) is 25.9 Å². The summed E-state index contributed by atoms with van der Waals surface area (Å²) in [5.74, 6) is -1.69. The minimum absolute atomic E-state index is 0.0147. The molecule has 130 valence electrons. The van der Waals surface area contributed by atoms with E-state index in [4.69, 9.17) is 11.6 Å². The van der Waals surface area contributed by atoms with Crippen molar-refractivity contribution in [2.75, 3.05) is 31.1 Å². The van der Waals surface area contributed by atoms with E-state index in [0.717, 1.165) is 36.6 Å². The van der Waals surface area contributed by atoms with Crippen molar-refractivity contribution >= 4 is 29.2 Å². The quantitative estimate of drug-likeness (QED) is 0.910. The van der Waals surface area contributed by atoms with Crippen LogP contribution < -0.4 is 4.90 Å². The lowest BCUT2D eigenvalue weighted by Crippen LogP contribution is -2.52. The molecule has 1 saturated heterocycles. The van der Waals surface area contributed by atoms with Gasteiger partial charge in [-0.3, -0.25) is 9.59 Å². The fourth-order valence-electron chi connectivity index (χ4n) is 3.83. The molecule has 1 aromatic rings. The molecule has 6 heteroatoms. The third-order valence-corrected chi connectivity index (χ3v) is 5.50. The Labute approximate surface area is 147 Å². The standard InChI is InChI=1S/C18H23ClN2O3/c19-15-7-3-4-8-16(15)20-9-11-21(12-10-20)17(22)13-5-1-2-6-14(13)18(23)24/h3-4,7-8,13-14H,1-2,5-6,9-12H2,(H,23,24)/t13-,14+/m1/s1. The molecule has 24 heavy (non-hydrogen) atoms. The lowest BCUT2D eigenvalue weighted by Gasteiger charge is -2.39. The maximum Gasteiger partial charge on any atom is 0.307 e. The number of rotatable bonds is 3. The zero-order valence-corrected chi connectivity index (χ0v) is 14.4. The summed E-state index contributed by atoms with van der Waals surface area (Å²) in [6.45, 7) is 2.68. The maximum atomic E-state index is 12.8. The molecule has 5 nitrogen and oxygen atoms in total. The van der Waals surface area contributed by atoms with Crippen molar-refractivity contribution in [1.29, 1.82) is 0 Å². The topological polar surface area (TPSA) is 60.9 Å². The van der Waals surface area contributed by atoms with Crippen molar-refractivity contribution in [3.63, 3.8) is 0 Å². The Morgan fingerprint density at radius 2 is 1.62 bits per heavy atom. The van der Waals surface area contributed by atoms with Crippen LogP contribution in [0.15, 0.2) is 24.3 Å². The van der Waals surface area contributed by atoms with E-state index in [1.165, 1.54) is 0 Å². The van der Waals surface area contributed by atoms with Crippen LogP contribution in [-0.2, 0) is 9.59 Å². The van der Waals surface area contributed by atoms with Crippen molar-refractivity contribution in [1.82, 2.24) is 4.90 Å². The second kappa shape index (κ2) is 7.43. The third kappa shape index (κ3) is 3.51. The number of carboxylic acid groups (broad SMARTS) is 1. The second-order valence-corrected chi connectivity index (χ2v) is 7.01. The number of carbonyl (C=O) groups is 2. The van der Waals surface area contributed by atoms with E-state index in [-0.39, 0.29) is 11.8 Å². The van der Waals surface area contributed by atoms with Crippen LogP contribution in [0.25, 0.3) is 0 Å². The van der Waals surface area contributed by atoms with Gasteiger partial charge in [-0.15, -0.1) is 0 Å². The SMILES string of the molecule is O=C(O)[C@H]1CCCC[C@H]1C(=O)N1CCN(c2ccccc2Cl)CC1. The van der Waals surface area contributed by atoms with Crippen LogP contribution in [0.5, 0.6) is 0 Å². The van der Waals surface area contributed by atoms with Crippen LogP contribution in [0.3, 0.4) is 0 Å². The summed E-state index contributed by atoms with van der Waals surface area (Å²) in [5, 5.41) is 10.1. The van der Waals surface area contributed by atoms with Gasteiger partial charge in [0.15, 0.2) is 0 Å². The summed E-state index contributed by atoms with van der Waals surface area (Å²) in [5.41, 5.74) is 0.993. The highest BCUT2D eigenvalue weighted by Crippen LogP contribution is 2.32. The van der Waals surface area contributed by atoms with Crippen LogP contribution in [-0.4, -0.2) is 48.1 Å². The van der Waals surface area contributed by atoms with Gasteiger partial charge < -0.3 is 14.9 Å². The number of carboxylic acids is 1. The number of carbonyl (C=O) groups excluding carboxylic acids is 1. The molecular weight excluding hydrogens is 328 g/mol. The highest BCUT2D eigenvalue weighted by atomic mass is 35.5. The maximum absolute atomic E-state index is 12.8. The average Bonchev–Trinajstić information content (AvgIpc) is 2.62. The van der Waals surface area contributed by atoms with E-state index in [2.05, 4.69) is 4.90 Å². The molecule has 1 heterocycles. The Hall–Kier alpha value is -1.75. The van der Waals surface area contributed by atoms with E-state index in [1.54, 1.807) is 0 Å². The Morgan fingerprint density at radius 1 is 1.00 bits per heavy atom. The van der Waals surface area contributed by atoms with Crippen LogP contribution >= 0.6 is 11.6 Å². The molecule has 1 aromatic carbocycles. The van der Waals surface area contributed by atoms with E-state index < -0.39 is 11.9 Å². The molecule has 0 unspecified atom stereocenters. The fraction of sp³-hybridized carbons (Fsp3) is 0.556. The molecule has 3 rings (SSSR count). The molecule has 2 fully saturated rings. The minimum atomic E-state index is -0.831. The molecule has 0 bridgehead atoms. The third-order valence-electron chi connectivity index (χ3n) is 5.18. The van der Waals surface area contributed by atoms with Crippen molar-refractivity contribution in [2.24, 2.45) is 11.8 Å². The van der Waals surface area contributed by atoms with Gasteiger partial charge in [0.05, 0.1) is 22.5 Å². The zero-order valence-electron chi connectivity index (χ0n) is 13.7. The van der Waals surface area contributed by atoms with Gasteiger partial charge >= 0.3 is 5.97 Å². The number of para-hydroxylation sites is 1. The monoisotopic (exact) mass is 350 g/mol. The number of hydrogen-bond donors (Lipinski definition) is 1. The van der Waals surface area contributed by atoms with E-state index in [9.17, 15) is 14.7 Å². The van der Waals surface area contributed by atoms with E-state index in [1.807, 2.05) is 29.2 Å². The predicted molar refractivity (Wildman–Crippen MR) is 93.3 cm³/mol. The lowest BCUT2D eigenvalue weighted by molar-refractivity contribution is -0.152. The van der Waals surface area contributed by atoms with Gasteiger partial charge in [-0.1, -0.05) is 36.6 Å². The first-order valence-corrected chi connectivity index (χ1v) is 8.97. The largest absolute Gasteiger partial charge is 0.481 e. The first-order valence-electron chi connectivity index (χ1n) is 8.59. The molecule has 0 spiro atoms. The number of halogens is 1. The smallest absolute Gasteiger partial charge is 0.307 e. The molecule has 1 aliphatic heterocycles. The van der Waals surface area contributed by atoms with Gasteiger partial charge in [0.2, 0.25) is 5.91 Å². The Kier molecular flexibility index (Phi) is 5.29. The molecule has 1 N–H and O–H groups in total. The highest BCUT2D eigenvalue weighted by Gasteiger charge is 2.38. The first kappa shape index (κ1) is 17.1. The molecule has 0 aromatic heterocycles. The summed E-state index contributed by atoms with van der Waals surface area (Å²) in [6.07, 6.45) is 3.16. The van der Waals surface area contributed by atoms with Gasteiger partial charge in [0, 0.05) is 26.2 Å². The number of amides is 1. The van der Waals surface area contributed by atoms with Crippen LogP contribution in [0.1, 0.15) is 25.7 Å². The molecule has 1 saturated carbocycles. The Bertz CT molecular complexity index is 614. The van der Waals surface area contributed by atoms with Crippen molar-refractivity contribution in [3.05, 3.63) is 29.3 Å². The molecule has 1 aliphatic carbocycles. The Balaban J connectivity index is 1.62. The highest BCUT2D eigenvalue weighted by molar-refractivity contribution is 6.33. The average molecular weight is 351 g/mol. The minimum Gasteiger partial charge on any atom is -0.481 e. The van der Waals surface area contributed by atoms with Gasteiger partial charge in [0.1, 0.15) is 0 Å².